The standard InChI is InChI=1S/C17H16FNO2/c18-15-9-8-14(5-4-10-19)17(13-15)21-12-11-20-16-6-2-1-3-7-16/h1-3,6-9,13H,10-12,19H2. The SMILES string of the molecule is NCC#Cc1ccc(F)cc1OCCOc1ccccc1. The molecule has 0 amide bonds. The van der Waals surface area contributed by atoms with E-state index in [4.69, 9.17) is 15.2 Å². The third-order valence-electron chi connectivity index (χ3n) is 2.62. The minimum absolute atomic E-state index is 0.244. The second kappa shape index (κ2) is 7.93. The Morgan fingerprint density at radius 3 is 2.52 bits per heavy atom. The van der Waals surface area contributed by atoms with Crippen molar-refractivity contribution in [2.24, 2.45) is 5.73 Å². The maximum absolute atomic E-state index is 13.3. The maximum atomic E-state index is 13.3. The molecular formula is C17H16FNO2. The molecule has 0 unspecified atom stereocenters. The lowest BCUT2D eigenvalue weighted by atomic mass is 10.2. The van der Waals surface area contributed by atoms with Crippen LogP contribution in [0.25, 0.3) is 0 Å². The molecule has 2 aromatic carbocycles. The molecule has 4 heteroatoms. The Kier molecular flexibility index (Phi) is 5.62. The van der Waals surface area contributed by atoms with Crippen LogP contribution < -0.4 is 15.2 Å². The number of para-hydroxylation sites is 1. The molecule has 108 valence electrons. The Bertz CT molecular complexity index is 632. The smallest absolute Gasteiger partial charge is 0.138 e. The van der Waals surface area contributed by atoms with Gasteiger partial charge in [0.15, 0.2) is 0 Å². The average Bonchev–Trinajstić information content (AvgIpc) is 2.52. The first kappa shape index (κ1) is 14.9. The van der Waals surface area contributed by atoms with Gasteiger partial charge in [0.1, 0.15) is 30.5 Å². The van der Waals surface area contributed by atoms with Crippen molar-refractivity contribution in [3.8, 4) is 23.3 Å². The third-order valence-corrected chi connectivity index (χ3v) is 2.62. The molecule has 0 spiro atoms. The first-order chi connectivity index (χ1) is 10.3. The van der Waals surface area contributed by atoms with Gasteiger partial charge in [-0.15, -0.1) is 0 Å². The summed E-state index contributed by atoms with van der Waals surface area (Å²) in [6.45, 7) is 0.911. The van der Waals surface area contributed by atoms with E-state index in [0.29, 0.717) is 24.5 Å². The lowest BCUT2D eigenvalue weighted by molar-refractivity contribution is 0.216. The number of benzene rings is 2. The fraction of sp³-hybridized carbons (Fsp3) is 0.176. The van der Waals surface area contributed by atoms with E-state index in [0.717, 1.165) is 5.75 Å². The van der Waals surface area contributed by atoms with E-state index >= 15 is 0 Å². The second-order valence-electron chi connectivity index (χ2n) is 4.16. The second-order valence-corrected chi connectivity index (χ2v) is 4.16. The fourth-order valence-electron chi connectivity index (χ4n) is 1.69. The Labute approximate surface area is 123 Å². The average molecular weight is 285 g/mol. The van der Waals surface area contributed by atoms with Crippen molar-refractivity contribution in [2.45, 2.75) is 0 Å². The summed E-state index contributed by atoms with van der Waals surface area (Å²) in [7, 11) is 0. The van der Waals surface area contributed by atoms with E-state index in [1.54, 1.807) is 6.07 Å². The number of halogens is 1. The molecule has 2 aromatic rings. The van der Waals surface area contributed by atoms with Crippen molar-refractivity contribution in [2.75, 3.05) is 19.8 Å². The highest BCUT2D eigenvalue weighted by atomic mass is 19.1. The van der Waals surface area contributed by atoms with Crippen molar-refractivity contribution in [1.82, 2.24) is 0 Å². The van der Waals surface area contributed by atoms with E-state index in [1.165, 1.54) is 12.1 Å². The van der Waals surface area contributed by atoms with Gasteiger partial charge in [-0.05, 0) is 24.3 Å². The molecule has 2 rings (SSSR count). The highest BCUT2D eigenvalue weighted by molar-refractivity contribution is 5.46. The largest absolute Gasteiger partial charge is 0.490 e. The van der Waals surface area contributed by atoms with E-state index in [9.17, 15) is 4.39 Å². The van der Waals surface area contributed by atoms with E-state index < -0.39 is 0 Å². The third kappa shape index (κ3) is 4.83. The number of rotatable bonds is 5. The van der Waals surface area contributed by atoms with Gasteiger partial charge < -0.3 is 15.2 Å². The molecule has 0 aliphatic carbocycles. The first-order valence-corrected chi connectivity index (χ1v) is 6.59. The maximum Gasteiger partial charge on any atom is 0.138 e. The summed E-state index contributed by atoms with van der Waals surface area (Å²) in [6, 6.07) is 13.6. The van der Waals surface area contributed by atoms with Crippen LogP contribution in [-0.4, -0.2) is 19.8 Å². The number of ether oxygens (including phenoxy) is 2. The molecule has 0 aliphatic heterocycles. The van der Waals surface area contributed by atoms with E-state index in [2.05, 4.69) is 11.8 Å². The van der Waals surface area contributed by atoms with Gasteiger partial charge in [-0.1, -0.05) is 30.0 Å². The van der Waals surface area contributed by atoms with Crippen molar-refractivity contribution < 1.29 is 13.9 Å². The molecule has 0 aromatic heterocycles. The first-order valence-electron chi connectivity index (χ1n) is 6.59. The van der Waals surface area contributed by atoms with Crippen LogP contribution in [0, 0.1) is 17.7 Å². The van der Waals surface area contributed by atoms with Gasteiger partial charge in [0.25, 0.3) is 0 Å². The van der Waals surface area contributed by atoms with Gasteiger partial charge in [0, 0.05) is 6.07 Å². The van der Waals surface area contributed by atoms with Crippen molar-refractivity contribution in [3.63, 3.8) is 0 Å². The minimum Gasteiger partial charge on any atom is -0.490 e. The number of hydrogen-bond donors (Lipinski definition) is 1. The molecule has 3 nitrogen and oxygen atoms in total. The molecule has 0 aliphatic rings. The van der Waals surface area contributed by atoms with Crippen LogP contribution in [-0.2, 0) is 0 Å². The summed E-state index contributed by atoms with van der Waals surface area (Å²) in [5.41, 5.74) is 5.95. The van der Waals surface area contributed by atoms with Crippen LogP contribution in [0.3, 0.4) is 0 Å². The van der Waals surface area contributed by atoms with Crippen LogP contribution >= 0.6 is 0 Å². The normalized spacial score (nSPS) is 9.62. The quantitative estimate of drug-likeness (QED) is 0.678. The molecule has 0 saturated carbocycles. The monoisotopic (exact) mass is 285 g/mol. The summed E-state index contributed by atoms with van der Waals surface area (Å²) in [5.74, 6) is 6.37. The highest BCUT2D eigenvalue weighted by Gasteiger charge is 2.03. The molecule has 0 radical (unpaired) electrons. The zero-order valence-electron chi connectivity index (χ0n) is 11.5. The Hall–Kier alpha value is -2.51. The predicted octanol–water partition coefficient (Wildman–Crippen LogP) is 2.59. The van der Waals surface area contributed by atoms with Crippen molar-refractivity contribution >= 4 is 0 Å². The number of hydrogen-bond acceptors (Lipinski definition) is 3. The zero-order chi connectivity index (χ0) is 14.9. The highest BCUT2D eigenvalue weighted by Crippen LogP contribution is 2.19. The Morgan fingerprint density at radius 2 is 1.76 bits per heavy atom. The molecule has 2 N–H and O–H groups in total. The molecule has 0 atom stereocenters. The lowest BCUT2D eigenvalue weighted by Gasteiger charge is -2.10. The minimum atomic E-state index is -0.368. The van der Waals surface area contributed by atoms with Crippen molar-refractivity contribution in [1.29, 1.82) is 0 Å². The fourth-order valence-corrected chi connectivity index (χ4v) is 1.69. The van der Waals surface area contributed by atoms with E-state index in [1.807, 2.05) is 30.3 Å². The van der Waals surface area contributed by atoms with Crippen molar-refractivity contribution in [3.05, 3.63) is 59.9 Å². The summed E-state index contributed by atoms with van der Waals surface area (Å²) in [4.78, 5) is 0. The van der Waals surface area contributed by atoms with Crippen LogP contribution in [0.4, 0.5) is 4.39 Å². The molecule has 0 heterocycles. The molecule has 0 saturated heterocycles. The Balaban J connectivity index is 1.91. The molecule has 21 heavy (non-hydrogen) atoms. The molecule has 0 bridgehead atoms. The van der Waals surface area contributed by atoms with Crippen LogP contribution in [0.2, 0.25) is 0 Å². The summed E-state index contributed by atoms with van der Waals surface area (Å²) >= 11 is 0. The summed E-state index contributed by atoms with van der Waals surface area (Å²) in [5, 5.41) is 0. The van der Waals surface area contributed by atoms with E-state index in [-0.39, 0.29) is 12.4 Å². The topological polar surface area (TPSA) is 44.5 Å². The van der Waals surface area contributed by atoms with Gasteiger partial charge >= 0.3 is 0 Å². The Morgan fingerprint density at radius 1 is 1.00 bits per heavy atom. The van der Waals surface area contributed by atoms with Gasteiger partial charge in [0.05, 0.1) is 12.1 Å². The van der Waals surface area contributed by atoms with Gasteiger partial charge in [-0.25, -0.2) is 4.39 Å². The zero-order valence-corrected chi connectivity index (χ0v) is 11.5. The summed E-state index contributed by atoms with van der Waals surface area (Å²) < 4.78 is 24.3. The molecule has 0 fully saturated rings. The lowest BCUT2D eigenvalue weighted by Crippen LogP contribution is -2.09. The van der Waals surface area contributed by atoms with Gasteiger partial charge in [-0.3, -0.25) is 0 Å². The number of nitrogens with two attached hydrogens (primary N) is 1. The van der Waals surface area contributed by atoms with Gasteiger partial charge in [-0.2, -0.15) is 0 Å². The molecular weight excluding hydrogens is 269 g/mol. The van der Waals surface area contributed by atoms with Crippen LogP contribution in [0.5, 0.6) is 11.5 Å². The predicted molar refractivity (Wildman–Crippen MR) is 79.8 cm³/mol. The van der Waals surface area contributed by atoms with Crippen LogP contribution in [0.15, 0.2) is 48.5 Å². The van der Waals surface area contributed by atoms with Gasteiger partial charge in [0.2, 0.25) is 0 Å². The summed E-state index contributed by atoms with van der Waals surface area (Å²) in [6.07, 6.45) is 0. The van der Waals surface area contributed by atoms with Crippen LogP contribution in [0.1, 0.15) is 5.56 Å².